The number of rotatable bonds is 5. The molecule has 0 aliphatic carbocycles. The quantitative estimate of drug-likeness (QED) is 0.703. The van der Waals surface area contributed by atoms with E-state index in [9.17, 15) is 8.42 Å². The molecule has 2 heterocycles. The lowest BCUT2D eigenvalue weighted by Gasteiger charge is -2.35. The van der Waals surface area contributed by atoms with Gasteiger partial charge in [-0.15, -0.1) is 0 Å². The van der Waals surface area contributed by atoms with Gasteiger partial charge in [0.25, 0.3) is 0 Å². The van der Waals surface area contributed by atoms with Gasteiger partial charge >= 0.3 is 0 Å². The van der Waals surface area contributed by atoms with E-state index in [4.69, 9.17) is 27.9 Å². The summed E-state index contributed by atoms with van der Waals surface area (Å²) in [6, 6.07) is 6.22. The molecule has 1 fully saturated rings. The Kier molecular flexibility index (Phi) is 6.34. The van der Waals surface area contributed by atoms with Crippen LogP contribution in [-0.2, 0) is 10.0 Å². The van der Waals surface area contributed by atoms with Crippen LogP contribution >= 0.6 is 23.2 Å². The van der Waals surface area contributed by atoms with E-state index < -0.39 is 10.0 Å². The molecule has 3 rings (SSSR count). The Morgan fingerprint density at radius 3 is 2.39 bits per heavy atom. The van der Waals surface area contributed by atoms with E-state index in [1.165, 1.54) is 16.4 Å². The van der Waals surface area contributed by atoms with Crippen molar-refractivity contribution in [1.29, 1.82) is 0 Å². The van der Waals surface area contributed by atoms with Crippen LogP contribution < -0.4 is 9.64 Å². The number of halogens is 2. The van der Waals surface area contributed by atoms with E-state index in [0.29, 0.717) is 42.9 Å². The highest BCUT2D eigenvalue weighted by atomic mass is 35.5. The molecule has 7 nitrogen and oxygen atoms in total. The third-order valence-corrected chi connectivity index (χ3v) is 6.85. The minimum absolute atomic E-state index is 0.00610. The van der Waals surface area contributed by atoms with Crippen LogP contribution in [0.5, 0.6) is 5.88 Å². The van der Waals surface area contributed by atoms with Crippen LogP contribution in [0.1, 0.15) is 19.7 Å². The number of sulfonamides is 1. The third kappa shape index (κ3) is 4.68. The standard InChI is InChI=1S/C18H22Cl2N4O3S/c1-12(2)27-18-11-17(21-13(3)22-18)23-6-8-24(9-7-23)28(25,26)16-10-14(19)4-5-15(16)20/h4-5,10-12H,6-9H2,1-3H3. The second-order valence-electron chi connectivity index (χ2n) is 6.74. The normalized spacial score (nSPS) is 15.9. The van der Waals surface area contributed by atoms with Crippen molar-refractivity contribution in [3.63, 3.8) is 0 Å². The Hall–Kier alpha value is -1.61. The minimum atomic E-state index is -3.72. The molecule has 0 saturated carbocycles. The highest BCUT2D eigenvalue weighted by Gasteiger charge is 2.31. The van der Waals surface area contributed by atoms with E-state index in [-0.39, 0.29) is 16.0 Å². The summed E-state index contributed by atoms with van der Waals surface area (Å²) in [5, 5.41) is 0.490. The molecule has 10 heteroatoms. The molecule has 0 radical (unpaired) electrons. The van der Waals surface area contributed by atoms with Gasteiger partial charge in [0.2, 0.25) is 15.9 Å². The fourth-order valence-corrected chi connectivity index (χ4v) is 5.12. The zero-order valence-corrected chi connectivity index (χ0v) is 18.2. The van der Waals surface area contributed by atoms with Crippen LogP contribution in [0.15, 0.2) is 29.2 Å². The summed E-state index contributed by atoms with van der Waals surface area (Å²) in [5.41, 5.74) is 0. The third-order valence-electron chi connectivity index (χ3n) is 4.23. The summed E-state index contributed by atoms with van der Waals surface area (Å²) in [6.45, 7) is 7.29. The zero-order chi connectivity index (χ0) is 20.5. The van der Waals surface area contributed by atoms with Crippen LogP contribution in [0.25, 0.3) is 0 Å². The summed E-state index contributed by atoms with van der Waals surface area (Å²) in [4.78, 5) is 10.8. The fourth-order valence-electron chi connectivity index (χ4n) is 2.96. The second-order valence-corrected chi connectivity index (χ2v) is 9.49. The number of aryl methyl sites for hydroxylation is 1. The lowest BCUT2D eigenvalue weighted by atomic mass is 10.3. The SMILES string of the molecule is Cc1nc(OC(C)C)cc(N2CCN(S(=O)(=O)c3cc(Cl)ccc3Cl)CC2)n1. The van der Waals surface area contributed by atoms with Crippen molar-refractivity contribution >= 4 is 39.0 Å². The molecule has 1 aromatic carbocycles. The van der Waals surface area contributed by atoms with Gasteiger partial charge in [-0.25, -0.2) is 13.4 Å². The van der Waals surface area contributed by atoms with Crippen molar-refractivity contribution in [2.45, 2.75) is 31.8 Å². The molecular formula is C18H22Cl2N4O3S. The monoisotopic (exact) mass is 444 g/mol. The molecule has 28 heavy (non-hydrogen) atoms. The van der Waals surface area contributed by atoms with Gasteiger partial charge in [0.05, 0.1) is 11.1 Å². The first-order chi connectivity index (χ1) is 13.2. The lowest BCUT2D eigenvalue weighted by molar-refractivity contribution is 0.231. The van der Waals surface area contributed by atoms with Crippen molar-refractivity contribution in [3.8, 4) is 5.88 Å². The number of aromatic nitrogens is 2. The molecule has 152 valence electrons. The zero-order valence-electron chi connectivity index (χ0n) is 15.9. The predicted molar refractivity (Wildman–Crippen MR) is 110 cm³/mol. The predicted octanol–water partition coefficient (Wildman–Crippen LogP) is 3.39. The number of anilines is 1. The van der Waals surface area contributed by atoms with Crippen LogP contribution in [0.2, 0.25) is 10.0 Å². The first-order valence-corrected chi connectivity index (χ1v) is 11.1. The van der Waals surface area contributed by atoms with E-state index in [1.807, 2.05) is 18.7 Å². The molecule has 1 aliphatic rings. The largest absolute Gasteiger partial charge is 0.475 e. The maximum absolute atomic E-state index is 13.0. The van der Waals surface area contributed by atoms with Gasteiger partial charge in [-0.3, -0.25) is 0 Å². The molecule has 0 spiro atoms. The fraction of sp³-hybridized carbons (Fsp3) is 0.444. The van der Waals surface area contributed by atoms with Crippen LogP contribution in [0.4, 0.5) is 5.82 Å². The van der Waals surface area contributed by atoms with E-state index in [1.54, 1.807) is 19.1 Å². The maximum atomic E-state index is 13.0. The number of nitrogens with zero attached hydrogens (tertiary/aromatic N) is 4. The maximum Gasteiger partial charge on any atom is 0.244 e. The molecule has 1 saturated heterocycles. The van der Waals surface area contributed by atoms with Gasteiger partial charge in [0.1, 0.15) is 16.5 Å². The Bertz CT molecular complexity index is 961. The van der Waals surface area contributed by atoms with Crippen molar-refractivity contribution in [1.82, 2.24) is 14.3 Å². The van der Waals surface area contributed by atoms with Crippen molar-refractivity contribution in [3.05, 3.63) is 40.1 Å². The molecule has 0 N–H and O–H groups in total. The van der Waals surface area contributed by atoms with Gasteiger partial charge < -0.3 is 9.64 Å². The van der Waals surface area contributed by atoms with Gasteiger partial charge in [0.15, 0.2) is 0 Å². The number of benzene rings is 1. The number of ether oxygens (including phenoxy) is 1. The number of piperazine rings is 1. The average Bonchev–Trinajstić information content (AvgIpc) is 2.62. The summed E-state index contributed by atoms with van der Waals surface area (Å²) in [7, 11) is -3.72. The Morgan fingerprint density at radius 2 is 1.75 bits per heavy atom. The molecule has 1 aromatic heterocycles. The van der Waals surface area contributed by atoms with Gasteiger partial charge in [-0.1, -0.05) is 23.2 Å². The first kappa shape index (κ1) is 21.1. The Morgan fingerprint density at radius 1 is 1.07 bits per heavy atom. The van der Waals surface area contributed by atoms with Crippen LogP contribution in [0.3, 0.4) is 0 Å². The highest BCUT2D eigenvalue weighted by Crippen LogP contribution is 2.29. The van der Waals surface area contributed by atoms with E-state index in [0.717, 1.165) is 5.82 Å². The molecule has 2 aromatic rings. The molecule has 0 amide bonds. The number of hydrogen-bond donors (Lipinski definition) is 0. The molecular weight excluding hydrogens is 423 g/mol. The smallest absolute Gasteiger partial charge is 0.244 e. The van der Waals surface area contributed by atoms with E-state index in [2.05, 4.69) is 9.97 Å². The van der Waals surface area contributed by atoms with Crippen LogP contribution in [-0.4, -0.2) is 55.0 Å². The average molecular weight is 445 g/mol. The van der Waals surface area contributed by atoms with Crippen molar-refractivity contribution < 1.29 is 13.2 Å². The molecule has 0 atom stereocenters. The Labute approximate surface area is 175 Å². The first-order valence-electron chi connectivity index (χ1n) is 8.89. The van der Waals surface area contributed by atoms with Crippen molar-refractivity contribution in [2.75, 3.05) is 31.1 Å². The topological polar surface area (TPSA) is 75.6 Å². The summed E-state index contributed by atoms with van der Waals surface area (Å²) >= 11 is 12.0. The Balaban J connectivity index is 1.76. The summed E-state index contributed by atoms with van der Waals surface area (Å²) < 4.78 is 33.0. The van der Waals surface area contributed by atoms with E-state index >= 15 is 0 Å². The van der Waals surface area contributed by atoms with Gasteiger partial charge in [-0.05, 0) is 39.0 Å². The number of hydrogen-bond acceptors (Lipinski definition) is 6. The van der Waals surface area contributed by atoms with Gasteiger partial charge in [0, 0.05) is 37.3 Å². The summed E-state index contributed by atoms with van der Waals surface area (Å²) in [5.74, 6) is 1.84. The lowest BCUT2D eigenvalue weighted by Crippen LogP contribution is -2.49. The molecule has 1 aliphatic heterocycles. The molecule has 0 bridgehead atoms. The summed E-state index contributed by atoms with van der Waals surface area (Å²) in [6.07, 6.45) is 0.00610. The van der Waals surface area contributed by atoms with Crippen molar-refractivity contribution in [2.24, 2.45) is 0 Å². The second kappa shape index (κ2) is 8.41. The van der Waals surface area contributed by atoms with Crippen LogP contribution in [0, 0.1) is 6.92 Å². The molecule has 0 unspecified atom stereocenters. The highest BCUT2D eigenvalue weighted by molar-refractivity contribution is 7.89. The minimum Gasteiger partial charge on any atom is -0.475 e. The van der Waals surface area contributed by atoms with Gasteiger partial charge in [-0.2, -0.15) is 9.29 Å².